The molecule has 1 saturated heterocycles. The van der Waals surface area contributed by atoms with Gasteiger partial charge >= 0.3 is 0 Å². The highest BCUT2D eigenvalue weighted by Gasteiger charge is 2.29. The molecule has 3 aromatic rings. The summed E-state index contributed by atoms with van der Waals surface area (Å²) >= 11 is 0. The zero-order valence-electron chi connectivity index (χ0n) is 16.8. The Bertz CT molecular complexity index is 1040. The van der Waals surface area contributed by atoms with Crippen LogP contribution in [-0.2, 0) is 0 Å². The molecule has 2 N–H and O–H groups in total. The molecule has 28 heavy (non-hydrogen) atoms. The van der Waals surface area contributed by atoms with Gasteiger partial charge in [-0.1, -0.05) is 32.0 Å². The number of para-hydroxylation sites is 1. The summed E-state index contributed by atoms with van der Waals surface area (Å²) in [5, 5.41) is 4.20. The summed E-state index contributed by atoms with van der Waals surface area (Å²) in [5.74, 6) is 1.19. The molecular formula is C22H28N4O2. The molecule has 0 saturated carbocycles. The zero-order chi connectivity index (χ0) is 19.8. The SMILES string of the molecule is CC(C)CN1CC[C@@H](CN(C)c2c(Nc3c[nH]c4ccccc34)c(=O)c2=O)C1. The lowest BCUT2D eigenvalue weighted by molar-refractivity contribution is 0.288. The van der Waals surface area contributed by atoms with E-state index >= 15 is 0 Å². The van der Waals surface area contributed by atoms with E-state index in [4.69, 9.17) is 0 Å². The van der Waals surface area contributed by atoms with Gasteiger partial charge in [0.2, 0.25) is 0 Å². The number of rotatable bonds is 7. The highest BCUT2D eigenvalue weighted by Crippen LogP contribution is 2.30. The molecule has 1 aliphatic rings. The third-order valence-electron chi connectivity index (χ3n) is 5.64. The predicted octanol–water partition coefficient (Wildman–Crippen LogP) is 2.92. The van der Waals surface area contributed by atoms with Crippen LogP contribution >= 0.6 is 0 Å². The van der Waals surface area contributed by atoms with Crippen LogP contribution in [0.3, 0.4) is 0 Å². The lowest BCUT2D eigenvalue weighted by Gasteiger charge is -2.26. The number of likely N-dealkylation sites (tertiary alicyclic amines) is 1. The van der Waals surface area contributed by atoms with Gasteiger partial charge in [0.25, 0.3) is 10.9 Å². The molecule has 6 nitrogen and oxygen atoms in total. The predicted molar refractivity (Wildman–Crippen MR) is 116 cm³/mol. The van der Waals surface area contributed by atoms with Gasteiger partial charge in [-0.3, -0.25) is 9.59 Å². The average Bonchev–Trinajstić information content (AvgIpc) is 3.27. The number of aromatic amines is 1. The average molecular weight is 380 g/mol. The third kappa shape index (κ3) is 3.44. The largest absolute Gasteiger partial charge is 0.369 e. The standard InChI is InChI=1S/C22H28N4O2/c1-14(2)11-26-9-8-15(13-26)12-25(3)20-19(21(27)22(20)28)24-18-10-23-17-7-5-4-6-16(17)18/h4-7,10,14-15,23-24H,8-9,11-13H2,1-3H3/t15-/m0/s1. The molecule has 1 aromatic heterocycles. The molecule has 0 amide bonds. The van der Waals surface area contributed by atoms with Gasteiger partial charge in [0.05, 0.1) is 5.69 Å². The molecular weight excluding hydrogens is 352 g/mol. The Morgan fingerprint density at radius 3 is 2.82 bits per heavy atom. The first-order valence-corrected chi connectivity index (χ1v) is 10.0. The zero-order valence-corrected chi connectivity index (χ0v) is 16.8. The molecule has 1 aliphatic heterocycles. The Hall–Kier alpha value is -2.60. The normalized spacial score (nSPS) is 17.8. The van der Waals surface area contributed by atoms with E-state index in [9.17, 15) is 9.59 Å². The molecule has 2 heterocycles. The molecule has 1 fully saturated rings. The molecule has 2 aromatic carbocycles. The summed E-state index contributed by atoms with van der Waals surface area (Å²) in [6, 6.07) is 7.90. The second kappa shape index (κ2) is 7.43. The molecule has 0 radical (unpaired) electrons. The lowest BCUT2D eigenvalue weighted by Crippen LogP contribution is -2.42. The Morgan fingerprint density at radius 2 is 2.04 bits per heavy atom. The minimum Gasteiger partial charge on any atom is -0.369 e. The van der Waals surface area contributed by atoms with E-state index < -0.39 is 5.43 Å². The van der Waals surface area contributed by atoms with E-state index in [0.717, 1.165) is 49.2 Å². The Labute approximate surface area is 164 Å². The van der Waals surface area contributed by atoms with Crippen LogP contribution in [0.1, 0.15) is 20.3 Å². The minimum atomic E-state index is -0.431. The van der Waals surface area contributed by atoms with Crippen molar-refractivity contribution in [2.45, 2.75) is 20.3 Å². The fourth-order valence-electron chi connectivity index (χ4n) is 4.39. The maximum Gasteiger partial charge on any atom is 0.253 e. The molecule has 1 atom stereocenters. The number of aromatic nitrogens is 1. The number of benzene rings is 1. The van der Waals surface area contributed by atoms with Crippen molar-refractivity contribution in [2.75, 3.05) is 43.4 Å². The van der Waals surface area contributed by atoms with E-state index in [1.54, 1.807) is 0 Å². The fourth-order valence-corrected chi connectivity index (χ4v) is 4.39. The van der Waals surface area contributed by atoms with Crippen LogP contribution in [0.4, 0.5) is 17.1 Å². The second-order valence-corrected chi connectivity index (χ2v) is 8.44. The van der Waals surface area contributed by atoms with Crippen LogP contribution in [0.2, 0.25) is 0 Å². The van der Waals surface area contributed by atoms with Crippen molar-refractivity contribution < 1.29 is 0 Å². The number of fused-ring (bicyclic) bond motifs is 1. The summed E-state index contributed by atoms with van der Waals surface area (Å²) in [6.45, 7) is 8.57. The summed E-state index contributed by atoms with van der Waals surface area (Å²) < 4.78 is 0. The van der Waals surface area contributed by atoms with Crippen LogP contribution < -0.4 is 21.1 Å². The molecule has 0 aliphatic carbocycles. The van der Waals surface area contributed by atoms with Gasteiger partial charge in [-0.15, -0.1) is 0 Å². The minimum absolute atomic E-state index is 0.387. The van der Waals surface area contributed by atoms with Gasteiger partial charge in [0.1, 0.15) is 11.4 Å². The van der Waals surface area contributed by atoms with E-state index in [1.807, 2.05) is 42.4 Å². The molecule has 6 heteroatoms. The first-order chi connectivity index (χ1) is 13.4. The van der Waals surface area contributed by atoms with Gasteiger partial charge in [-0.2, -0.15) is 0 Å². The van der Waals surface area contributed by atoms with Crippen LogP contribution in [0.5, 0.6) is 0 Å². The van der Waals surface area contributed by atoms with E-state index in [-0.39, 0.29) is 5.43 Å². The van der Waals surface area contributed by atoms with E-state index in [0.29, 0.717) is 23.2 Å². The topological polar surface area (TPSA) is 68.4 Å². The Morgan fingerprint density at radius 1 is 1.25 bits per heavy atom. The number of nitrogens with one attached hydrogen (secondary N) is 2. The van der Waals surface area contributed by atoms with Crippen molar-refractivity contribution in [3.63, 3.8) is 0 Å². The summed E-state index contributed by atoms with van der Waals surface area (Å²) in [6.07, 6.45) is 2.98. The monoisotopic (exact) mass is 380 g/mol. The van der Waals surface area contributed by atoms with Crippen LogP contribution in [0.25, 0.3) is 10.9 Å². The highest BCUT2D eigenvalue weighted by molar-refractivity contribution is 5.95. The van der Waals surface area contributed by atoms with Crippen molar-refractivity contribution >= 4 is 28.0 Å². The van der Waals surface area contributed by atoms with Gasteiger partial charge < -0.3 is 20.1 Å². The molecule has 148 valence electrons. The van der Waals surface area contributed by atoms with Crippen molar-refractivity contribution in [1.82, 2.24) is 9.88 Å². The second-order valence-electron chi connectivity index (χ2n) is 8.44. The van der Waals surface area contributed by atoms with Crippen molar-refractivity contribution in [2.24, 2.45) is 11.8 Å². The first kappa shape index (κ1) is 18.7. The molecule has 0 spiro atoms. The number of hydrogen-bond donors (Lipinski definition) is 2. The smallest absolute Gasteiger partial charge is 0.253 e. The quantitative estimate of drug-likeness (QED) is 0.617. The van der Waals surface area contributed by atoms with Gasteiger partial charge in [-0.25, -0.2) is 0 Å². The number of hydrogen-bond acceptors (Lipinski definition) is 5. The van der Waals surface area contributed by atoms with Crippen LogP contribution in [-0.4, -0.2) is 43.1 Å². The van der Waals surface area contributed by atoms with Gasteiger partial charge in [-0.05, 0) is 30.9 Å². The summed E-state index contributed by atoms with van der Waals surface area (Å²) in [4.78, 5) is 32.2. The Balaban J connectivity index is 1.48. The van der Waals surface area contributed by atoms with E-state index in [1.165, 1.54) is 0 Å². The van der Waals surface area contributed by atoms with Crippen LogP contribution in [0, 0.1) is 11.8 Å². The highest BCUT2D eigenvalue weighted by atomic mass is 16.2. The van der Waals surface area contributed by atoms with Crippen molar-refractivity contribution in [3.05, 3.63) is 50.9 Å². The number of nitrogens with zero attached hydrogens (tertiary/aromatic N) is 2. The Kier molecular flexibility index (Phi) is 4.98. The summed E-state index contributed by atoms with van der Waals surface area (Å²) in [5.41, 5.74) is 1.92. The summed E-state index contributed by atoms with van der Waals surface area (Å²) in [7, 11) is 1.92. The molecule has 0 bridgehead atoms. The number of anilines is 3. The fraction of sp³-hybridized carbons (Fsp3) is 0.455. The third-order valence-corrected chi connectivity index (χ3v) is 5.64. The molecule has 0 unspecified atom stereocenters. The maximum atomic E-state index is 12.3. The van der Waals surface area contributed by atoms with Crippen LogP contribution in [0.15, 0.2) is 40.1 Å². The van der Waals surface area contributed by atoms with Crippen molar-refractivity contribution in [1.29, 1.82) is 0 Å². The first-order valence-electron chi connectivity index (χ1n) is 10.0. The van der Waals surface area contributed by atoms with Crippen molar-refractivity contribution in [3.8, 4) is 0 Å². The van der Waals surface area contributed by atoms with Gasteiger partial charge in [0, 0.05) is 43.8 Å². The molecule has 4 rings (SSSR count). The lowest BCUT2D eigenvalue weighted by atomic mass is 10.1. The maximum absolute atomic E-state index is 12.3. The van der Waals surface area contributed by atoms with E-state index in [2.05, 4.69) is 29.0 Å². The number of H-pyrrole nitrogens is 1. The van der Waals surface area contributed by atoms with Gasteiger partial charge in [0.15, 0.2) is 0 Å².